The summed E-state index contributed by atoms with van der Waals surface area (Å²) in [4.78, 5) is 0. The van der Waals surface area contributed by atoms with Crippen molar-refractivity contribution in [1.82, 2.24) is 0 Å². The second-order valence-corrected chi connectivity index (χ2v) is 3.89. The molecule has 0 bridgehead atoms. The average molecular weight is 205 g/mol. The van der Waals surface area contributed by atoms with Crippen molar-refractivity contribution in [3.05, 3.63) is 48.0 Å². The lowest BCUT2D eigenvalue weighted by molar-refractivity contribution is 0.0803. The summed E-state index contributed by atoms with van der Waals surface area (Å²) < 4.78 is 5.43. The third-order valence-electron chi connectivity index (χ3n) is 2.36. The van der Waals surface area contributed by atoms with Crippen molar-refractivity contribution >= 4 is 0 Å². The number of rotatable bonds is 5. The van der Waals surface area contributed by atoms with E-state index in [-0.39, 0.29) is 12.1 Å². The molecule has 0 radical (unpaired) electrons. The average Bonchev–Trinajstić information content (AvgIpc) is 2.19. The summed E-state index contributed by atoms with van der Waals surface area (Å²) in [5.41, 5.74) is 8.28. The van der Waals surface area contributed by atoms with E-state index >= 15 is 0 Å². The van der Waals surface area contributed by atoms with Crippen molar-refractivity contribution in [2.45, 2.75) is 25.5 Å². The van der Waals surface area contributed by atoms with Crippen LogP contribution in [0, 0.1) is 0 Å². The fourth-order valence-corrected chi connectivity index (χ4v) is 1.71. The maximum atomic E-state index is 6.08. The Morgan fingerprint density at radius 3 is 2.47 bits per heavy atom. The molecule has 2 N–H and O–H groups in total. The summed E-state index contributed by atoms with van der Waals surface area (Å²) >= 11 is 0. The van der Waals surface area contributed by atoms with Crippen LogP contribution in [0.2, 0.25) is 0 Å². The number of ether oxygens (including phenoxy) is 1. The molecule has 0 aliphatic rings. The lowest BCUT2D eigenvalue weighted by Gasteiger charge is -2.23. The molecule has 1 aromatic carbocycles. The summed E-state index contributed by atoms with van der Waals surface area (Å²) in [5, 5.41) is 0. The first-order valence-electron chi connectivity index (χ1n) is 5.13. The van der Waals surface area contributed by atoms with Crippen LogP contribution >= 0.6 is 0 Å². The normalized spacial score (nSPS) is 14.6. The Morgan fingerprint density at radius 1 is 1.40 bits per heavy atom. The first kappa shape index (κ1) is 12.0. The Morgan fingerprint density at radius 2 is 2.00 bits per heavy atom. The third kappa shape index (κ3) is 3.50. The van der Waals surface area contributed by atoms with E-state index in [0.717, 1.165) is 17.6 Å². The molecule has 0 saturated carbocycles. The highest BCUT2D eigenvalue weighted by Crippen LogP contribution is 2.22. The molecular weight excluding hydrogens is 186 g/mol. The second kappa shape index (κ2) is 5.69. The summed E-state index contributed by atoms with van der Waals surface area (Å²) in [6, 6.07) is 10.0. The number of hydrogen-bond acceptors (Lipinski definition) is 2. The Balaban J connectivity index is 2.75. The Bertz CT molecular complexity index is 308. The summed E-state index contributed by atoms with van der Waals surface area (Å²) in [6.45, 7) is 5.85. The predicted octanol–water partition coefficient (Wildman–Crippen LogP) is 2.67. The zero-order valence-electron chi connectivity index (χ0n) is 9.44. The fraction of sp³-hybridized carbons (Fsp3) is 0.385. The van der Waals surface area contributed by atoms with Gasteiger partial charge in [-0.2, -0.15) is 0 Å². The van der Waals surface area contributed by atoms with Crippen molar-refractivity contribution in [1.29, 1.82) is 0 Å². The van der Waals surface area contributed by atoms with Gasteiger partial charge in [-0.3, -0.25) is 0 Å². The van der Waals surface area contributed by atoms with Crippen LogP contribution < -0.4 is 5.73 Å². The van der Waals surface area contributed by atoms with Gasteiger partial charge in [-0.15, -0.1) is 6.58 Å². The number of hydrogen-bond donors (Lipinski definition) is 1. The van der Waals surface area contributed by atoms with Gasteiger partial charge in [0.15, 0.2) is 0 Å². The topological polar surface area (TPSA) is 35.2 Å². The molecule has 0 amide bonds. The highest BCUT2D eigenvalue weighted by molar-refractivity contribution is 5.19. The van der Waals surface area contributed by atoms with Crippen LogP contribution in [0.15, 0.2) is 42.5 Å². The fourth-order valence-electron chi connectivity index (χ4n) is 1.71. The van der Waals surface area contributed by atoms with Crippen molar-refractivity contribution in [2.75, 3.05) is 7.11 Å². The lowest BCUT2D eigenvalue weighted by atomic mass is 9.98. The minimum atomic E-state index is -0.0529. The van der Waals surface area contributed by atoms with Crippen molar-refractivity contribution in [2.24, 2.45) is 5.73 Å². The summed E-state index contributed by atoms with van der Waals surface area (Å²) in [6.07, 6.45) is 0.732. The zero-order chi connectivity index (χ0) is 11.3. The van der Waals surface area contributed by atoms with Crippen molar-refractivity contribution < 1.29 is 4.74 Å². The van der Waals surface area contributed by atoms with Crippen LogP contribution in [0.3, 0.4) is 0 Å². The Hall–Kier alpha value is -1.12. The van der Waals surface area contributed by atoms with E-state index in [1.165, 1.54) is 0 Å². The van der Waals surface area contributed by atoms with E-state index in [0.29, 0.717) is 0 Å². The minimum absolute atomic E-state index is 0.0325. The Kier molecular flexibility index (Phi) is 4.53. The van der Waals surface area contributed by atoms with Crippen molar-refractivity contribution in [3.63, 3.8) is 0 Å². The lowest BCUT2D eigenvalue weighted by Crippen LogP contribution is -2.29. The molecule has 0 spiro atoms. The van der Waals surface area contributed by atoms with E-state index in [4.69, 9.17) is 10.5 Å². The molecule has 15 heavy (non-hydrogen) atoms. The van der Waals surface area contributed by atoms with Crippen LogP contribution in [0.25, 0.3) is 0 Å². The molecule has 2 atom stereocenters. The molecule has 0 aliphatic heterocycles. The molecule has 0 aliphatic carbocycles. The van der Waals surface area contributed by atoms with Crippen LogP contribution in [-0.2, 0) is 4.74 Å². The second-order valence-electron chi connectivity index (χ2n) is 3.89. The molecule has 2 unspecified atom stereocenters. The first-order valence-corrected chi connectivity index (χ1v) is 5.13. The predicted molar refractivity (Wildman–Crippen MR) is 63.6 cm³/mol. The molecule has 82 valence electrons. The number of nitrogens with two attached hydrogens (primary N) is 1. The standard InChI is InChI=1S/C13H19NO/c1-10(2)9-12(14)13(15-3)11-7-5-4-6-8-11/h4-8,12-13H,1,9,14H2,2-3H3. The Labute approximate surface area is 91.7 Å². The van der Waals surface area contributed by atoms with Gasteiger partial charge in [0.25, 0.3) is 0 Å². The van der Waals surface area contributed by atoms with Gasteiger partial charge in [0.1, 0.15) is 0 Å². The van der Waals surface area contributed by atoms with Gasteiger partial charge in [0.05, 0.1) is 6.10 Å². The van der Waals surface area contributed by atoms with Crippen molar-refractivity contribution in [3.8, 4) is 0 Å². The van der Waals surface area contributed by atoms with Gasteiger partial charge in [-0.25, -0.2) is 0 Å². The minimum Gasteiger partial charge on any atom is -0.375 e. The number of benzene rings is 1. The number of methoxy groups -OCH3 is 1. The third-order valence-corrected chi connectivity index (χ3v) is 2.36. The summed E-state index contributed by atoms with van der Waals surface area (Å²) in [7, 11) is 1.69. The molecule has 1 rings (SSSR count). The van der Waals surface area contributed by atoms with Gasteiger partial charge in [-0.05, 0) is 18.9 Å². The van der Waals surface area contributed by atoms with E-state index in [2.05, 4.69) is 6.58 Å². The smallest absolute Gasteiger partial charge is 0.0975 e. The molecule has 0 aromatic heterocycles. The van der Waals surface area contributed by atoms with Gasteiger partial charge in [0.2, 0.25) is 0 Å². The van der Waals surface area contributed by atoms with E-state index in [1.54, 1.807) is 7.11 Å². The molecule has 0 fully saturated rings. The SMILES string of the molecule is C=C(C)CC(N)C(OC)c1ccccc1. The van der Waals surface area contributed by atoms with Gasteiger partial charge >= 0.3 is 0 Å². The van der Waals surface area contributed by atoms with E-state index in [1.807, 2.05) is 37.3 Å². The molecule has 0 heterocycles. The highest BCUT2D eigenvalue weighted by atomic mass is 16.5. The monoisotopic (exact) mass is 205 g/mol. The maximum Gasteiger partial charge on any atom is 0.0975 e. The maximum absolute atomic E-state index is 6.08. The highest BCUT2D eigenvalue weighted by Gasteiger charge is 2.18. The summed E-state index contributed by atoms with van der Waals surface area (Å²) in [5.74, 6) is 0. The van der Waals surface area contributed by atoms with Crippen LogP contribution in [0.4, 0.5) is 0 Å². The molecule has 0 saturated heterocycles. The largest absolute Gasteiger partial charge is 0.375 e. The molecule has 1 aromatic rings. The van der Waals surface area contributed by atoms with Gasteiger partial charge < -0.3 is 10.5 Å². The molecule has 2 nitrogen and oxygen atoms in total. The van der Waals surface area contributed by atoms with Crippen LogP contribution in [-0.4, -0.2) is 13.2 Å². The zero-order valence-corrected chi connectivity index (χ0v) is 9.44. The molecule has 2 heteroatoms. The van der Waals surface area contributed by atoms with Crippen LogP contribution in [0.1, 0.15) is 25.0 Å². The van der Waals surface area contributed by atoms with E-state index in [9.17, 15) is 0 Å². The first-order chi connectivity index (χ1) is 7.15. The van der Waals surface area contributed by atoms with Gasteiger partial charge in [0, 0.05) is 13.2 Å². The van der Waals surface area contributed by atoms with Crippen LogP contribution in [0.5, 0.6) is 0 Å². The quantitative estimate of drug-likeness (QED) is 0.750. The van der Waals surface area contributed by atoms with Gasteiger partial charge in [-0.1, -0.05) is 35.9 Å². The molecular formula is C13H19NO. The van der Waals surface area contributed by atoms with E-state index < -0.39 is 0 Å².